The highest BCUT2D eigenvalue weighted by atomic mass is 19.1. The van der Waals surface area contributed by atoms with Crippen LogP contribution in [0.1, 0.15) is 95.1 Å². The van der Waals surface area contributed by atoms with Crippen LogP contribution in [0.5, 0.6) is 11.8 Å². The molecule has 5 aromatic rings. The lowest BCUT2D eigenvalue weighted by Gasteiger charge is -2.36. The number of amides is 1. The fraction of sp³-hybridized carbons (Fsp3) is 0.488. The summed E-state index contributed by atoms with van der Waals surface area (Å²) in [6, 6.07) is 14.1. The summed E-state index contributed by atoms with van der Waals surface area (Å²) < 4.78 is 43.1. The quantitative estimate of drug-likeness (QED) is 0.146. The normalized spacial score (nSPS) is 21.2. The maximum atomic E-state index is 16.4. The number of carbonyl (C=O) groups excluding carboxylic acids is 1. The van der Waals surface area contributed by atoms with Crippen LogP contribution in [0.15, 0.2) is 48.7 Å². The third-order valence-corrected chi connectivity index (χ3v) is 11.4. The van der Waals surface area contributed by atoms with Gasteiger partial charge in [0.15, 0.2) is 12.0 Å². The molecule has 0 N–H and O–H groups in total. The van der Waals surface area contributed by atoms with Crippen LogP contribution in [-0.2, 0) is 16.1 Å². The molecule has 5 heterocycles. The molecule has 3 aliphatic heterocycles. The van der Waals surface area contributed by atoms with Gasteiger partial charge in [0.25, 0.3) is 0 Å². The summed E-state index contributed by atoms with van der Waals surface area (Å²) in [5.41, 5.74) is 4.94. The molecule has 2 aromatic heterocycles. The summed E-state index contributed by atoms with van der Waals surface area (Å²) >= 11 is 0. The van der Waals surface area contributed by atoms with Crippen LogP contribution in [0.25, 0.3) is 32.9 Å². The first kappa shape index (κ1) is 35.7. The van der Waals surface area contributed by atoms with E-state index in [0.717, 1.165) is 77.4 Å². The largest absolute Gasteiger partial charge is 0.486 e. The number of carbonyl (C=O) groups is 1. The molecule has 0 radical (unpaired) electrons. The Morgan fingerprint density at radius 1 is 0.982 bits per heavy atom. The molecule has 11 nitrogen and oxygen atoms in total. The third-order valence-electron chi connectivity index (χ3n) is 11.4. The highest BCUT2D eigenvalue weighted by molar-refractivity contribution is 6.06. The molecule has 4 aliphatic rings. The summed E-state index contributed by atoms with van der Waals surface area (Å²) in [6.07, 6.45) is 7.02. The van der Waals surface area contributed by atoms with Gasteiger partial charge in [-0.15, -0.1) is 0 Å². The second-order valence-electron chi connectivity index (χ2n) is 16.4. The molecule has 2 bridgehead atoms. The van der Waals surface area contributed by atoms with Crippen LogP contribution in [0.3, 0.4) is 0 Å². The lowest BCUT2D eigenvalue weighted by molar-refractivity contribution is -0.0366. The van der Waals surface area contributed by atoms with E-state index in [4.69, 9.17) is 34.0 Å². The van der Waals surface area contributed by atoms with E-state index in [2.05, 4.69) is 11.0 Å². The number of hydrogen-bond acceptors (Lipinski definition) is 9. The molecule has 3 atom stereocenters. The Hall–Kier alpha value is -4.97. The van der Waals surface area contributed by atoms with Crippen LogP contribution >= 0.6 is 0 Å². The first-order valence-electron chi connectivity index (χ1n) is 19.8. The minimum Gasteiger partial charge on any atom is -0.486 e. The van der Waals surface area contributed by atoms with Crippen LogP contribution in [0, 0.1) is 12.7 Å². The predicted molar refractivity (Wildman–Crippen MR) is 208 cm³/mol. The van der Waals surface area contributed by atoms with Crippen molar-refractivity contribution in [2.24, 2.45) is 0 Å². The van der Waals surface area contributed by atoms with Crippen molar-refractivity contribution in [2.45, 2.75) is 110 Å². The zero-order valence-corrected chi connectivity index (χ0v) is 32.3. The highest BCUT2D eigenvalue weighted by Crippen LogP contribution is 2.54. The van der Waals surface area contributed by atoms with E-state index in [1.807, 2.05) is 80.7 Å². The Morgan fingerprint density at radius 3 is 2.49 bits per heavy atom. The summed E-state index contributed by atoms with van der Waals surface area (Å²) in [6.45, 7) is 11.9. The fourth-order valence-corrected chi connectivity index (χ4v) is 8.67. The molecule has 4 fully saturated rings. The minimum absolute atomic E-state index is 0.00991. The van der Waals surface area contributed by atoms with Crippen LogP contribution < -0.4 is 14.4 Å². The van der Waals surface area contributed by atoms with Crippen LogP contribution in [0.2, 0.25) is 0 Å². The summed E-state index contributed by atoms with van der Waals surface area (Å²) in [7, 11) is 0. The summed E-state index contributed by atoms with van der Waals surface area (Å²) in [5.74, 6) is 1.28. The molecule has 1 amide bonds. The SMILES string of the molecule is CCOc1nc(N2C[C@@H]3C[C@H]2CN3C(=O)OC(C)(C)C)c2cc(C3CC3)c(-c3c(C)c(F)cc4c3cnn4C3CCCCO3)c(OCc3ccccc3)c2n1. The molecule has 0 spiro atoms. The van der Waals surface area contributed by atoms with Crippen molar-refractivity contribution in [1.29, 1.82) is 0 Å². The second-order valence-corrected chi connectivity index (χ2v) is 16.4. The monoisotopic (exact) mass is 748 g/mol. The van der Waals surface area contributed by atoms with Crippen molar-refractivity contribution in [1.82, 2.24) is 24.6 Å². The fourth-order valence-electron chi connectivity index (χ4n) is 8.67. The van der Waals surface area contributed by atoms with Crippen molar-refractivity contribution in [3.63, 3.8) is 0 Å². The van der Waals surface area contributed by atoms with Gasteiger partial charge in [-0.25, -0.2) is 13.9 Å². The standard InChI is InChI=1S/C43H49FN6O5/c1-6-52-41-46-38-31(40(47-41)48-22-29-18-28(48)23-49(29)42(51)55-43(3,4)5)19-30(27-15-16-27)37(39(38)54-24-26-12-8-7-9-13-26)36-25(2)33(44)20-34-32(36)21-45-50(34)35-14-10-11-17-53-35/h7-9,12-13,19-21,27-29,35H,6,10-11,14-18,22-24H2,1-5H3/t28-,29-,35?/m0/s1. The molecular weight excluding hydrogens is 700 g/mol. The predicted octanol–water partition coefficient (Wildman–Crippen LogP) is 8.85. The van der Waals surface area contributed by atoms with E-state index >= 15 is 4.39 Å². The minimum atomic E-state index is -0.575. The Kier molecular flexibility index (Phi) is 9.06. The topological polar surface area (TPSA) is 104 Å². The number of ether oxygens (including phenoxy) is 4. The number of halogens is 1. The number of hydrogen-bond donors (Lipinski definition) is 0. The Labute approximate surface area is 320 Å². The summed E-state index contributed by atoms with van der Waals surface area (Å²) in [5, 5.41) is 6.52. The molecule has 288 valence electrons. The Balaban J connectivity index is 1.24. The first-order chi connectivity index (χ1) is 26.6. The lowest BCUT2D eigenvalue weighted by Crippen LogP contribution is -2.50. The number of piperazine rings is 1. The van der Waals surface area contributed by atoms with Gasteiger partial charge in [0.1, 0.15) is 29.4 Å². The van der Waals surface area contributed by atoms with Crippen molar-refractivity contribution in [3.8, 4) is 22.9 Å². The van der Waals surface area contributed by atoms with Crippen molar-refractivity contribution >= 4 is 33.7 Å². The van der Waals surface area contributed by atoms with Gasteiger partial charge in [-0.1, -0.05) is 30.3 Å². The van der Waals surface area contributed by atoms with Gasteiger partial charge >= 0.3 is 12.1 Å². The zero-order valence-electron chi connectivity index (χ0n) is 32.3. The number of likely N-dealkylation sites (tertiary alicyclic amines) is 1. The first-order valence-corrected chi connectivity index (χ1v) is 19.8. The van der Waals surface area contributed by atoms with Gasteiger partial charge in [-0.05, 0) is 102 Å². The number of benzene rings is 3. The van der Waals surface area contributed by atoms with Gasteiger partial charge in [0, 0.05) is 47.7 Å². The van der Waals surface area contributed by atoms with E-state index in [1.54, 1.807) is 6.07 Å². The van der Waals surface area contributed by atoms with Crippen LogP contribution in [0.4, 0.5) is 15.0 Å². The van der Waals surface area contributed by atoms with E-state index in [-0.39, 0.29) is 48.8 Å². The molecule has 1 unspecified atom stereocenters. The maximum Gasteiger partial charge on any atom is 0.410 e. The molecule has 1 saturated carbocycles. The smallest absolute Gasteiger partial charge is 0.410 e. The molecule has 12 heteroatoms. The lowest BCUT2D eigenvalue weighted by atomic mass is 9.88. The van der Waals surface area contributed by atoms with Gasteiger partial charge in [0.05, 0.1) is 30.4 Å². The molecular formula is C43H49FN6O5. The zero-order chi connectivity index (χ0) is 38.0. The Morgan fingerprint density at radius 2 is 1.80 bits per heavy atom. The molecule has 55 heavy (non-hydrogen) atoms. The third kappa shape index (κ3) is 6.62. The van der Waals surface area contributed by atoms with Gasteiger partial charge < -0.3 is 28.7 Å². The van der Waals surface area contributed by atoms with E-state index in [1.165, 1.54) is 0 Å². The molecule has 1 aliphatic carbocycles. The number of nitrogens with zero attached hydrogens (tertiary/aromatic N) is 6. The number of fused-ring (bicyclic) bond motifs is 4. The van der Waals surface area contributed by atoms with E-state index in [9.17, 15) is 4.79 Å². The van der Waals surface area contributed by atoms with Crippen molar-refractivity contribution < 1.29 is 28.1 Å². The van der Waals surface area contributed by atoms with E-state index < -0.39 is 5.60 Å². The number of rotatable bonds is 9. The second kappa shape index (κ2) is 14.0. The maximum absolute atomic E-state index is 16.4. The highest BCUT2D eigenvalue weighted by Gasteiger charge is 2.48. The van der Waals surface area contributed by atoms with Crippen LogP contribution in [-0.4, -0.2) is 74.7 Å². The Bertz CT molecular complexity index is 2260. The van der Waals surface area contributed by atoms with Gasteiger partial charge in [0.2, 0.25) is 0 Å². The van der Waals surface area contributed by atoms with Crippen molar-refractivity contribution in [2.75, 3.05) is 31.2 Å². The van der Waals surface area contributed by atoms with Gasteiger partial charge in [-0.2, -0.15) is 15.1 Å². The summed E-state index contributed by atoms with van der Waals surface area (Å²) in [4.78, 5) is 27.5. The number of aromatic nitrogens is 4. The average Bonchev–Trinajstić information content (AvgIpc) is 3.61. The molecule has 3 saturated heterocycles. The van der Waals surface area contributed by atoms with E-state index in [0.29, 0.717) is 48.6 Å². The molecule has 9 rings (SSSR count). The van der Waals surface area contributed by atoms with Gasteiger partial charge in [-0.3, -0.25) is 0 Å². The average molecular weight is 749 g/mol. The van der Waals surface area contributed by atoms with Crippen molar-refractivity contribution in [3.05, 3.63) is 71.2 Å². The number of anilines is 1. The molecule has 3 aromatic carbocycles.